The second kappa shape index (κ2) is 6.53. The van der Waals surface area contributed by atoms with Crippen LogP contribution in [-0.4, -0.2) is 58.0 Å². The molecule has 1 fully saturated rings. The molecule has 2 unspecified atom stereocenters. The minimum atomic E-state index is -0.883. The van der Waals surface area contributed by atoms with Gasteiger partial charge in [-0.2, -0.15) is 0 Å². The molecule has 5 nitrogen and oxygen atoms in total. The third-order valence-electron chi connectivity index (χ3n) is 3.13. The Morgan fingerprint density at radius 2 is 2.00 bits per heavy atom. The first-order valence-corrected chi connectivity index (χ1v) is 6.47. The molecule has 0 radical (unpaired) electrons. The third kappa shape index (κ3) is 3.36. The van der Waals surface area contributed by atoms with Crippen molar-refractivity contribution in [1.82, 2.24) is 4.90 Å². The summed E-state index contributed by atoms with van der Waals surface area (Å²) in [6, 6.07) is 6.87. The average Bonchev–Trinajstić information content (AvgIpc) is 2.78. The van der Waals surface area contributed by atoms with Gasteiger partial charge in [0.05, 0.1) is 18.8 Å². The van der Waals surface area contributed by atoms with Crippen LogP contribution in [0, 0.1) is 11.8 Å². The van der Waals surface area contributed by atoms with Crippen LogP contribution in [0.15, 0.2) is 24.3 Å². The van der Waals surface area contributed by atoms with Crippen LogP contribution in [0.4, 0.5) is 0 Å². The normalized spacial score (nSPS) is 21.4. The highest BCUT2D eigenvalue weighted by Gasteiger charge is 2.32. The number of carbonyl (C=O) groups is 1. The smallest absolute Gasteiger partial charge is 0.254 e. The van der Waals surface area contributed by atoms with Crippen LogP contribution >= 0.6 is 0 Å². The molecular formula is C15H17NO4. The molecule has 0 aromatic heterocycles. The lowest BCUT2D eigenvalue weighted by Crippen LogP contribution is -2.29. The maximum Gasteiger partial charge on any atom is 0.254 e. The van der Waals surface area contributed by atoms with Gasteiger partial charge < -0.3 is 20.2 Å². The SMILES string of the molecule is O=C(c1cccc(C#CCCO)c1)N1CC(O)C(O)C1. The number of hydrogen-bond donors (Lipinski definition) is 3. The Morgan fingerprint density at radius 3 is 2.65 bits per heavy atom. The molecule has 3 N–H and O–H groups in total. The lowest BCUT2D eigenvalue weighted by molar-refractivity contribution is 0.0572. The highest BCUT2D eigenvalue weighted by Crippen LogP contribution is 2.15. The van der Waals surface area contributed by atoms with Gasteiger partial charge in [0.25, 0.3) is 5.91 Å². The Labute approximate surface area is 117 Å². The van der Waals surface area contributed by atoms with E-state index in [-0.39, 0.29) is 25.6 Å². The van der Waals surface area contributed by atoms with Gasteiger partial charge >= 0.3 is 0 Å². The zero-order chi connectivity index (χ0) is 14.5. The molecular weight excluding hydrogens is 258 g/mol. The lowest BCUT2D eigenvalue weighted by atomic mass is 10.1. The number of benzene rings is 1. The number of nitrogens with zero attached hydrogens (tertiary/aromatic N) is 1. The van der Waals surface area contributed by atoms with E-state index in [1.165, 1.54) is 4.90 Å². The molecule has 0 bridgehead atoms. The molecule has 0 spiro atoms. The fourth-order valence-corrected chi connectivity index (χ4v) is 2.07. The van der Waals surface area contributed by atoms with Crippen LogP contribution in [0.3, 0.4) is 0 Å². The summed E-state index contributed by atoms with van der Waals surface area (Å²) in [5, 5.41) is 27.6. The fraction of sp³-hybridized carbons (Fsp3) is 0.400. The van der Waals surface area contributed by atoms with Crippen LogP contribution in [0.25, 0.3) is 0 Å². The fourth-order valence-electron chi connectivity index (χ4n) is 2.07. The second-order valence-electron chi connectivity index (χ2n) is 4.70. The van der Waals surface area contributed by atoms with Gasteiger partial charge in [0.1, 0.15) is 0 Å². The summed E-state index contributed by atoms with van der Waals surface area (Å²) in [6.45, 7) is 0.288. The minimum Gasteiger partial charge on any atom is -0.395 e. The summed E-state index contributed by atoms with van der Waals surface area (Å²) in [5.41, 5.74) is 1.17. The van der Waals surface area contributed by atoms with Crippen molar-refractivity contribution < 1.29 is 20.1 Å². The molecule has 1 amide bonds. The molecule has 1 aliphatic rings. The number of aliphatic hydroxyl groups is 3. The van der Waals surface area contributed by atoms with E-state index in [0.717, 1.165) is 0 Å². The van der Waals surface area contributed by atoms with Gasteiger partial charge in [0.2, 0.25) is 0 Å². The van der Waals surface area contributed by atoms with Crippen molar-refractivity contribution in [2.45, 2.75) is 18.6 Å². The number of amides is 1. The van der Waals surface area contributed by atoms with Crippen LogP contribution in [0.1, 0.15) is 22.3 Å². The predicted octanol–water partition coefficient (Wildman–Crippen LogP) is -0.402. The standard InChI is InChI=1S/C15H17NO4/c17-7-2-1-4-11-5-3-6-12(8-11)15(20)16-9-13(18)14(19)10-16/h3,5-6,8,13-14,17-19H,2,7,9-10H2. The Balaban J connectivity index is 2.11. The van der Waals surface area contributed by atoms with Crippen LogP contribution in [-0.2, 0) is 0 Å². The molecule has 106 valence electrons. The largest absolute Gasteiger partial charge is 0.395 e. The van der Waals surface area contributed by atoms with Crippen LogP contribution < -0.4 is 0 Å². The van der Waals surface area contributed by atoms with E-state index in [2.05, 4.69) is 11.8 Å². The minimum absolute atomic E-state index is 0.00910. The lowest BCUT2D eigenvalue weighted by Gasteiger charge is -2.15. The topological polar surface area (TPSA) is 81.0 Å². The first kappa shape index (κ1) is 14.5. The van der Waals surface area contributed by atoms with Crippen molar-refractivity contribution in [1.29, 1.82) is 0 Å². The Hall–Kier alpha value is -1.87. The molecule has 1 heterocycles. The second-order valence-corrected chi connectivity index (χ2v) is 4.70. The average molecular weight is 275 g/mol. The third-order valence-corrected chi connectivity index (χ3v) is 3.13. The Bertz CT molecular complexity index is 536. The van der Waals surface area contributed by atoms with Crippen molar-refractivity contribution in [2.75, 3.05) is 19.7 Å². The molecule has 5 heteroatoms. The van der Waals surface area contributed by atoms with Gasteiger partial charge in [-0.1, -0.05) is 17.9 Å². The Kier molecular flexibility index (Phi) is 4.74. The van der Waals surface area contributed by atoms with E-state index in [0.29, 0.717) is 17.5 Å². The van der Waals surface area contributed by atoms with E-state index >= 15 is 0 Å². The van der Waals surface area contributed by atoms with Crippen molar-refractivity contribution in [3.63, 3.8) is 0 Å². The maximum absolute atomic E-state index is 12.2. The molecule has 1 aromatic rings. The zero-order valence-electron chi connectivity index (χ0n) is 11.0. The first-order valence-electron chi connectivity index (χ1n) is 6.47. The van der Waals surface area contributed by atoms with Crippen molar-refractivity contribution in [2.24, 2.45) is 0 Å². The summed E-state index contributed by atoms with van der Waals surface area (Å²) < 4.78 is 0. The predicted molar refractivity (Wildman–Crippen MR) is 72.9 cm³/mol. The number of aliphatic hydroxyl groups excluding tert-OH is 3. The Morgan fingerprint density at radius 1 is 1.30 bits per heavy atom. The highest BCUT2D eigenvalue weighted by molar-refractivity contribution is 5.94. The quantitative estimate of drug-likeness (QED) is 0.641. The molecule has 1 aliphatic heterocycles. The number of hydrogen-bond acceptors (Lipinski definition) is 4. The van der Waals surface area contributed by atoms with E-state index in [9.17, 15) is 15.0 Å². The zero-order valence-corrected chi connectivity index (χ0v) is 11.0. The maximum atomic E-state index is 12.2. The van der Waals surface area contributed by atoms with E-state index in [1.54, 1.807) is 24.3 Å². The number of carbonyl (C=O) groups excluding carboxylic acids is 1. The van der Waals surface area contributed by atoms with Crippen molar-refractivity contribution in [3.05, 3.63) is 35.4 Å². The van der Waals surface area contributed by atoms with Gasteiger partial charge in [-0.15, -0.1) is 0 Å². The summed E-state index contributed by atoms with van der Waals surface area (Å²) in [4.78, 5) is 13.7. The van der Waals surface area contributed by atoms with Crippen molar-refractivity contribution >= 4 is 5.91 Å². The number of β-amino-alcohol motifs (C(OH)–C–C–N with tert-alkyl or cyclic N) is 2. The molecule has 2 rings (SSSR count). The summed E-state index contributed by atoms with van der Waals surface area (Å²) in [5.74, 6) is 5.44. The summed E-state index contributed by atoms with van der Waals surface area (Å²) >= 11 is 0. The number of likely N-dealkylation sites (tertiary alicyclic amines) is 1. The summed E-state index contributed by atoms with van der Waals surface area (Å²) in [6.07, 6.45) is -1.37. The molecule has 0 aliphatic carbocycles. The first-order chi connectivity index (χ1) is 9.61. The van der Waals surface area contributed by atoms with Crippen molar-refractivity contribution in [3.8, 4) is 11.8 Å². The molecule has 1 saturated heterocycles. The summed E-state index contributed by atoms with van der Waals surface area (Å²) in [7, 11) is 0. The van der Waals surface area contributed by atoms with Crippen LogP contribution in [0.2, 0.25) is 0 Å². The molecule has 0 saturated carbocycles. The highest BCUT2D eigenvalue weighted by atomic mass is 16.3. The van der Waals surface area contributed by atoms with E-state index in [4.69, 9.17) is 5.11 Å². The van der Waals surface area contributed by atoms with Gasteiger partial charge in [-0.25, -0.2) is 0 Å². The monoisotopic (exact) mass is 275 g/mol. The molecule has 2 atom stereocenters. The van der Waals surface area contributed by atoms with E-state index < -0.39 is 12.2 Å². The van der Waals surface area contributed by atoms with Gasteiger partial charge in [0, 0.05) is 30.6 Å². The molecule has 20 heavy (non-hydrogen) atoms. The molecule has 1 aromatic carbocycles. The van der Waals surface area contributed by atoms with Gasteiger partial charge in [-0.3, -0.25) is 4.79 Å². The van der Waals surface area contributed by atoms with Gasteiger partial charge in [-0.05, 0) is 18.2 Å². The van der Waals surface area contributed by atoms with Crippen LogP contribution in [0.5, 0.6) is 0 Å². The van der Waals surface area contributed by atoms with Gasteiger partial charge in [0.15, 0.2) is 0 Å². The number of rotatable bonds is 2. The van der Waals surface area contributed by atoms with E-state index in [1.807, 2.05) is 0 Å².